The topological polar surface area (TPSA) is 14.2 Å². The summed E-state index contributed by atoms with van der Waals surface area (Å²) in [5.74, 6) is 5.64. The number of aromatic nitrogens is 1. The number of nitrogens with zero attached hydrogens (tertiary/aromatic N) is 1. The highest BCUT2D eigenvalue weighted by atomic mass is 16.5. The van der Waals surface area contributed by atoms with E-state index < -0.39 is 0 Å². The van der Waals surface area contributed by atoms with E-state index in [-0.39, 0.29) is 11.2 Å². The second kappa shape index (κ2) is 11.2. The molecule has 2 heteroatoms. The zero-order valence-electron chi connectivity index (χ0n) is 31.3. The van der Waals surface area contributed by atoms with E-state index in [1.807, 2.05) is 0 Å². The van der Waals surface area contributed by atoms with Gasteiger partial charge in [-0.05, 0) is 163 Å². The van der Waals surface area contributed by atoms with Crippen molar-refractivity contribution in [3.8, 4) is 27.9 Å². The van der Waals surface area contributed by atoms with Gasteiger partial charge < -0.3 is 9.30 Å². The molecule has 6 fully saturated rings. The molecule has 13 rings (SSSR count). The van der Waals surface area contributed by atoms with Crippen LogP contribution in [0, 0.1) is 47.3 Å². The smallest absolute Gasteiger partial charge is 0.101 e. The highest BCUT2D eigenvalue weighted by Crippen LogP contribution is 2.70. The Morgan fingerprint density at radius 3 is 1.75 bits per heavy atom. The minimum atomic E-state index is -0.284. The fourth-order valence-electron chi connectivity index (χ4n) is 14.4. The summed E-state index contributed by atoms with van der Waals surface area (Å²) < 4.78 is 11.0. The first kappa shape index (κ1) is 31.2. The van der Waals surface area contributed by atoms with E-state index in [4.69, 9.17) is 4.74 Å². The molecule has 6 saturated carbocycles. The van der Waals surface area contributed by atoms with Gasteiger partial charge in [-0.15, -0.1) is 0 Å². The zero-order valence-corrected chi connectivity index (χ0v) is 31.3. The van der Waals surface area contributed by atoms with Crippen molar-refractivity contribution in [2.24, 2.45) is 47.3 Å². The maximum absolute atomic E-state index is 8.54. The highest BCUT2D eigenvalue weighted by molar-refractivity contribution is 6.09. The molecule has 53 heavy (non-hydrogen) atoms. The van der Waals surface area contributed by atoms with Crippen molar-refractivity contribution in [3.05, 3.63) is 126 Å². The van der Waals surface area contributed by atoms with Crippen LogP contribution in [0.4, 0.5) is 0 Å². The van der Waals surface area contributed by atoms with Gasteiger partial charge in [0.15, 0.2) is 0 Å². The van der Waals surface area contributed by atoms with Crippen molar-refractivity contribution in [1.82, 2.24) is 4.57 Å². The molecule has 0 saturated heterocycles. The Kier molecular flexibility index (Phi) is 6.60. The highest BCUT2D eigenvalue weighted by Gasteiger charge is 2.66. The van der Waals surface area contributed by atoms with E-state index in [2.05, 4.69) is 134 Å². The lowest BCUT2D eigenvalue weighted by molar-refractivity contribution is -0.308. The van der Waals surface area contributed by atoms with Crippen LogP contribution in [-0.4, -0.2) is 4.57 Å². The lowest BCUT2D eigenvalue weighted by Crippen LogP contribution is -2.62. The molecule has 0 N–H and O–H groups in total. The van der Waals surface area contributed by atoms with Crippen LogP contribution >= 0.6 is 0 Å². The summed E-state index contributed by atoms with van der Waals surface area (Å²) in [5.41, 5.74) is 11.8. The summed E-state index contributed by atoms with van der Waals surface area (Å²) in [6.07, 6.45) is 12.1. The average Bonchev–Trinajstić information content (AvgIpc) is 3.45. The van der Waals surface area contributed by atoms with Crippen LogP contribution in [0.1, 0.15) is 82.8 Å². The Hall–Kier alpha value is -4.14. The largest absolute Gasteiger partial charge is 0.358 e. The molecule has 0 radical (unpaired) electrons. The van der Waals surface area contributed by atoms with Gasteiger partial charge in [-0.1, -0.05) is 105 Å². The van der Waals surface area contributed by atoms with E-state index in [1.165, 1.54) is 119 Å². The fourth-order valence-corrected chi connectivity index (χ4v) is 14.4. The summed E-state index contributed by atoms with van der Waals surface area (Å²) >= 11 is 0. The molecule has 6 aliphatic carbocycles. The van der Waals surface area contributed by atoms with Crippen LogP contribution in [0.3, 0.4) is 0 Å². The monoisotopic (exact) mass is 693 g/mol. The maximum Gasteiger partial charge on any atom is 0.101 e. The quantitative estimate of drug-likeness (QED) is 0.176. The van der Waals surface area contributed by atoms with E-state index >= 15 is 0 Å². The predicted octanol–water partition coefficient (Wildman–Crippen LogP) is 13.1. The molecule has 2 heterocycles. The lowest BCUT2D eigenvalue weighted by atomic mass is 9.47. The van der Waals surface area contributed by atoms with Gasteiger partial charge in [0, 0.05) is 16.5 Å². The van der Waals surface area contributed by atoms with E-state index in [1.54, 1.807) is 0 Å². The molecule has 2 spiro atoms. The third-order valence-electron chi connectivity index (χ3n) is 15.9. The molecular weight excluding hydrogens is 643 g/mol. The van der Waals surface area contributed by atoms with E-state index in [0.717, 1.165) is 23.7 Å². The average molecular weight is 694 g/mol. The molecule has 5 unspecified atom stereocenters. The minimum absolute atomic E-state index is 0.206. The van der Waals surface area contributed by atoms with Gasteiger partial charge in [-0.2, -0.15) is 0 Å². The number of hydrogen-bond acceptors (Lipinski definition) is 1. The SMILES string of the molecule is CC1CC2CC(C)C3(OC4(c5ccccc5-c5c(-c6ccc(-n7c8ccccc8c8ccccc87)cc6)cccc53)C3CC5CC(C3)CC4C5)C(C1)C2. The maximum atomic E-state index is 8.54. The molecule has 7 aliphatic rings. The van der Waals surface area contributed by atoms with Gasteiger partial charge >= 0.3 is 0 Å². The first-order valence-corrected chi connectivity index (χ1v) is 21.0. The van der Waals surface area contributed by atoms with Crippen LogP contribution in [0.15, 0.2) is 115 Å². The van der Waals surface area contributed by atoms with E-state index in [0.29, 0.717) is 23.7 Å². The summed E-state index contributed by atoms with van der Waals surface area (Å²) in [7, 11) is 0. The van der Waals surface area contributed by atoms with Crippen molar-refractivity contribution in [2.75, 3.05) is 0 Å². The van der Waals surface area contributed by atoms with Gasteiger partial charge in [0.25, 0.3) is 0 Å². The normalized spacial score (nSPS) is 35.1. The van der Waals surface area contributed by atoms with Crippen LogP contribution in [0.2, 0.25) is 0 Å². The van der Waals surface area contributed by atoms with Gasteiger partial charge in [0.05, 0.1) is 11.0 Å². The third kappa shape index (κ3) is 4.20. The first-order chi connectivity index (χ1) is 26.0. The lowest BCUT2D eigenvalue weighted by Gasteiger charge is -2.65. The molecule has 0 amide bonds. The molecule has 266 valence electrons. The minimum Gasteiger partial charge on any atom is -0.358 e. The Morgan fingerprint density at radius 2 is 1.06 bits per heavy atom. The molecule has 6 bridgehead atoms. The van der Waals surface area contributed by atoms with Crippen molar-refractivity contribution in [2.45, 2.75) is 82.8 Å². The summed E-state index contributed by atoms with van der Waals surface area (Å²) in [6, 6.07) is 44.2. The molecular formula is C51H51NO. The number of para-hydroxylation sites is 2. The van der Waals surface area contributed by atoms with Crippen LogP contribution in [0.5, 0.6) is 0 Å². The van der Waals surface area contributed by atoms with Crippen molar-refractivity contribution >= 4 is 21.8 Å². The van der Waals surface area contributed by atoms with Gasteiger partial charge in [-0.3, -0.25) is 0 Å². The number of fused-ring (bicyclic) bond motifs is 10. The molecule has 6 aromatic rings. The summed E-state index contributed by atoms with van der Waals surface area (Å²) in [4.78, 5) is 0. The molecule has 5 atom stereocenters. The third-order valence-corrected chi connectivity index (χ3v) is 15.9. The first-order valence-electron chi connectivity index (χ1n) is 21.0. The Bertz CT molecular complexity index is 2330. The zero-order chi connectivity index (χ0) is 35.1. The Labute approximate surface area is 314 Å². The summed E-state index contributed by atoms with van der Waals surface area (Å²) in [6.45, 7) is 5.12. The Morgan fingerprint density at radius 1 is 0.491 bits per heavy atom. The van der Waals surface area contributed by atoms with Gasteiger partial charge in [0.1, 0.15) is 11.2 Å². The molecule has 5 aromatic carbocycles. The molecule has 1 aromatic heterocycles. The standard InChI is InChI=1S/C51H51NO/c1-31-22-33-24-32(2)50(37(23-31)26-33)46-15-9-13-41(36-18-20-40(21-19-36)52-47-16-7-4-10-42(47)43-11-5-8-17-48(43)52)49(46)44-12-3-6-14-45(44)51(53-50)38-27-34-25-35(29-38)30-39(51)28-34/h3-21,31-35,37-39H,22-30H2,1-2H3. The van der Waals surface area contributed by atoms with Crippen LogP contribution in [0.25, 0.3) is 49.7 Å². The van der Waals surface area contributed by atoms with Crippen LogP contribution in [-0.2, 0) is 15.9 Å². The van der Waals surface area contributed by atoms with Gasteiger partial charge in [0.2, 0.25) is 0 Å². The van der Waals surface area contributed by atoms with Crippen molar-refractivity contribution in [1.29, 1.82) is 0 Å². The van der Waals surface area contributed by atoms with Gasteiger partial charge in [-0.25, -0.2) is 0 Å². The second-order valence-electron chi connectivity index (χ2n) is 18.7. The van der Waals surface area contributed by atoms with Crippen molar-refractivity contribution < 1.29 is 4.74 Å². The second-order valence-corrected chi connectivity index (χ2v) is 18.7. The molecule has 1 aliphatic heterocycles. The molecule has 2 nitrogen and oxygen atoms in total. The fraction of sp³-hybridized carbons (Fsp3) is 0.412. The number of ether oxygens (including phenoxy) is 1. The predicted molar refractivity (Wildman–Crippen MR) is 217 cm³/mol. The van der Waals surface area contributed by atoms with Crippen molar-refractivity contribution in [3.63, 3.8) is 0 Å². The van der Waals surface area contributed by atoms with E-state index in [9.17, 15) is 0 Å². The number of hydrogen-bond donors (Lipinski definition) is 0. The number of rotatable bonds is 2. The summed E-state index contributed by atoms with van der Waals surface area (Å²) in [5, 5.41) is 2.61. The Balaban J connectivity index is 1.09. The number of benzene rings is 5. The van der Waals surface area contributed by atoms with Crippen LogP contribution < -0.4 is 0 Å².